The van der Waals surface area contributed by atoms with E-state index in [-0.39, 0.29) is 4.90 Å². The molecule has 29 heavy (non-hydrogen) atoms. The number of nitrogens with zero attached hydrogens (tertiary/aromatic N) is 1. The standard InChI is InChI=1S/C24H23NO3S/c1-3-20-11-14-22(15-12-20)25(24(26)18-13-21-7-5-4-6-8-21)29(27,28)23-16-9-19(2)10-17-23/h4-18H,3H2,1-2H3/b18-13+. The number of carbonyl (C=O) groups is 1. The molecule has 1 amide bonds. The third kappa shape index (κ3) is 4.81. The highest BCUT2D eigenvalue weighted by atomic mass is 32.2. The van der Waals surface area contributed by atoms with Crippen molar-refractivity contribution >= 4 is 27.7 Å². The van der Waals surface area contributed by atoms with E-state index in [1.165, 1.54) is 18.2 Å². The highest BCUT2D eigenvalue weighted by Gasteiger charge is 2.29. The van der Waals surface area contributed by atoms with E-state index in [1.54, 1.807) is 30.3 Å². The summed E-state index contributed by atoms with van der Waals surface area (Å²) in [5.41, 5.74) is 3.13. The van der Waals surface area contributed by atoms with Gasteiger partial charge in [0.25, 0.3) is 15.9 Å². The molecule has 148 valence electrons. The zero-order valence-electron chi connectivity index (χ0n) is 16.4. The molecule has 4 nitrogen and oxygen atoms in total. The summed E-state index contributed by atoms with van der Waals surface area (Å²) in [5.74, 6) is -0.626. The van der Waals surface area contributed by atoms with Crippen LogP contribution in [0.2, 0.25) is 0 Å². The first-order valence-electron chi connectivity index (χ1n) is 9.40. The van der Waals surface area contributed by atoms with Crippen LogP contribution in [-0.2, 0) is 21.2 Å². The fourth-order valence-electron chi connectivity index (χ4n) is 2.87. The molecule has 0 radical (unpaired) electrons. The van der Waals surface area contributed by atoms with Crippen LogP contribution in [0, 0.1) is 6.92 Å². The zero-order valence-corrected chi connectivity index (χ0v) is 17.3. The second-order valence-electron chi connectivity index (χ2n) is 6.68. The van der Waals surface area contributed by atoms with Crippen molar-refractivity contribution in [1.29, 1.82) is 0 Å². The number of benzene rings is 3. The minimum absolute atomic E-state index is 0.0733. The molecule has 5 heteroatoms. The van der Waals surface area contributed by atoms with Crippen molar-refractivity contribution < 1.29 is 13.2 Å². The first-order valence-corrected chi connectivity index (χ1v) is 10.8. The molecule has 0 spiro atoms. The summed E-state index contributed by atoms with van der Waals surface area (Å²) < 4.78 is 27.5. The van der Waals surface area contributed by atoms with Gasteiger partial charge in [-0.2, -0.15) is 4.31 Å². The van der Waals surface area contributed by atoms with Crippen molar-refractivity contribution in [2.45, 2.75) is 25.2 Å². The van der Waals surface area contributed by atoms with Crippen molar-refractivity contribution in [3.63, 3.8) is 0 Å². The predicted molar refractivity (Wildman–Crippen MR) is 117 cm³/mol. The Balaban J connectivity index is 2.04. The Labute approximate surface area is 172 Å². The number of anilines is 1. The summed E-state index contributed by atoms with van der Waals surface area (Å²) in [6.45, 7) is 3.90. The molecule has 0 aliphatic carbocycles. The molecule has 0 saturated heterocycles. The molecule has 3 rings (SSSR count). The van der Waals surface area contributed by atoms with Gasteiger partial charge in [0, 0.05) is 6.08 Å². The van der Waals surface area contributed by atoms with Crippen molar-refractivity contribution in [2.24, 2.45) is 0 Å². The first-order chi connectivity index (χ1) is 13.9. The monoisotopic (exact) mass is 405 g/mol. The van der Waals surface area contributed by atoms with E-state index < -0.39 is 15.9 Å². The molecule has 0 aromatic heterocycles. The normalized spacial score (nSPS) is 11.5. The SMILES string of the molecule is CCc1ccc(N(C(=O)/C=C/c2ccccc2)S(=O)(=O)c2ccc(C)cc2)cc1. The Hall–Kier alpha value is -3.18. The van der Waals surface area contributed by atoms with Gasteiger partial charge in [-0.15, -0.1) is 0 Å². The lowest BCUT2D eigenvalue weighted by Crippen LogP contribution is -2.35. The quantitative estimate of drug-likeness (QED) is 0.543. The van der Waals surface area contributed by atoms with E-state index in [1.807, 2.05) is 56.3 Å². The number of rotatable bonds is 6. The summed E-state index contributed by atoms with van der Waals surface area (Å²) in [5, 5.41) is 0. The smallest absolute Gasteiger partial charge is 0.268 e. The van der Waals surface area contributed by atoms with Crippen LogP contribution in [-0.4, -0.2) is 14.3 Å². The Morgan fingerprint density at radius 3 is 2.10 bits per heavy atom. The van der Waals surface area contributed by atoms with Crippen LogP contribution in [0.1, 0.15) is 23.6 Å². The summed E-state index contributed by atoms with van der Waals surface area (Å²) in [6.07, 6.45) is 3.72. The van der Waals surface area contributed by atoms with Gasteiger partial charge in [-0.05, 0) is 54.8 Å². The van der Waals surface area contributed by atoms with Gasteiger partial charge in [0.1, 0.15) is 0 Å². The van der Waals surface area contributed by atoms with Crippen LogP contribution in [0.3, 0.4) is 0 Å². The molecular formula is C24H23NO3S. The number of sulfonamides is 1. The number of aryl methyl sites for hydroxylation is 2. The summed E-state index contributed by atoms with van der Waals surface area (Å²) in [7, 11) is -4.06. The fraction of sp³-hybridized carbons (Fsp3) is 0.125. The Bertz CT molecular complexity index is 1100. The molecule has 0 fully saturated rings. The van der Waals surface area contributed by atoms with E-state index in [9.17, 15) is 13.2 Å². The van der Waals surface area contributed by atoms with Crippen molar-refractivity contribution in [2.75, 3.05) is 4.31 Å². The highest BCUT2D eigenvalue weighted by Crippen LogP contribution is 2.25. The predicted octanol–water partition coefficient (Wildman–Crippen LogP) is 4.99. The lowest BCUT2D eigenvalue weighted by molar-refractivity contribution is -0.113. The Morgan fingerprint density at radius 2 is 1.52 bits per heavy atom. The number of amides is 1. The molecular weight excluding hydrogens is 382 g/mol. The zero-order chi connectivity index (χ0) is 20.9. The molecule has 3 aromatic rings. The molecule has 0 bridgehead atoms. The van der Waals surface area contributed by atoms with E-state index in [4.69, 9.17) is 0 Å². The second-order valence-corrected chi connectivity index (χ2v) is 8.47. The maximum Gasteiger partial charge on any atom is 0.271 e. The maximum absolute atomic E-state index is 13.3. The van der Waals surface area contributed by atoms with Crippen LogP contribution in [0.15, 0.2) is 89.8 Å². The molecule has 3 aromatic carbocycles. The van der Waals surface area contributed by atoms with Gasteiger partial charge >= 0.3 is 0 Å². The summed E-state index contributed by atoms with van der Waals surface area (Å²) in [6, 6.07) is 22.8. The van der Waals surface area contributed by atoms with Crippen LogP contribution in [0.4, 0.5) is 5.69 Å². The van der Waals surface area contributed by atoms with E-state index in [0.29, 0.717) is 5.69 Å². The van der Waals surface area contributed by atoms with Gasteiger partial charge in [-0.1, -0.05) is 67.1 Å². The molecule has 0 atom stereocenters. The average Bonchev–Trinajstić information content (AvgIpc) is 2.74. The maximum atomic E-state index is 13.3. The number of hydrogen-bond donors (Lipinski definition) is 0. The summed E-state index contributed by atoms with van der Waals surface area (Å²) in [4.78, 5) is 13.1. The van der Waals surface area contributed by atoms with Crippen molar-refractivity contribution in [3.8, 4) is 0 Å². The van der Waals surface area contributed by atoms with Crippen molar-refractivity contribution in [3.05, 3.63) is 102 Å². The largest absolute Gasteiger partial charge is 0.271 e. The van der Waals surface area contributed by atoms with Crippen molar-refractivity contribution in [1.82, 2.24) is 0 Å². The first kappa shape index (κ1) is 20.6. The Kier molecular flexibility index (Phi) is 6.29. The third-order valence-electron chi connectivity index (χ3n) is 4.56. The minimum atomic E-state index is -4.06. The molecule has 0 N–H and O–H groups in total. The third-order valence-corrected chi connectivity index (χ3v) is 6.30. The highest BCUT2D eigenvalue weighted by molar-refractivity contribution is 7.93. The molecule has 0 heterocycles. The number of carbonyl (C=O) groups excluding carboxylic acids is 1. The average molecular weight is 406 g/mol. The molecule has 0 aliphatic rings. The van der Waals surface area contributed by atoms with Crippen LogP contribution >= 0.6 is 0 Å². The van der Waals surface area contributed by atoms with Crippen LogP contribution < -0.4 is 4.31 Å². The van der Waals surface area contributed by atoms with Gasteiger partial charge in [-0.25, -0.2) is 8.42 Å². The topological polar surface area (TPSA) is 54.5 Å². The lowest BCUT2D eigenvalue weighted by Gasteiger charge is -2.21. The molecule has 0 saturated carbocycles. The Morgan fingerprint density at radius 1 is 0.897 bits per heavy atom. The van der Waals surface area contributed by atoms with Gasteiger partial charge < -0.3 is 0 Å². The van der Waals surface area contributed by atoms with Gasteiger partial charge in [0.05, 0.1) is 10.6 Å². The summed E-state index contributed by atoms with van der Waals surface area (Å²) >= 11 is 0. The molecule has 0 unspecified atom stereocenters. The van der Waals surface area contributed by atoms with Crippen LogP contribution in [0.25, 0.3) is 6.08 Å². The van der Waals surface area contributed by atoms with E-state index in [2.05, 4.69) is 0 Å². The second kappa shape index (κ2) is 8.88. The van der Waals surface area contributed by atoms with E-state index in [0.717, 1.165) is 27.4 Å². The fourth-order valence-corrected chi connectivity index (χ4v) is 4.25. The van der Waals surface area contributed by atoms with Gasteiger partial charge in [-0.3, -0.25) is 4.79 Å². The number of hydrogen-bond acceptors (Lipinski definition) is 3. The van der Waals surface area contributed by atoms with E-state index >= 15 is 0 Å². The minimum Gasteiger partial charge on any atom is -0.268 e. The van der Waals surface area contributed by atoms with Gasteiger partial charge in [0.15, 0.2) is 0 Å². The lowest BCUT2D eigenvalue weighted by atomic mass is 10.1. The molecule has 0 aliphatic heterocycles. The van der Waals surface area contributed by atoms with Gasteiger partial charge in [0.2, 0.25) is 0 Å². The van der Waals surface area contributed by atoms with Crippen LogP contribution in [0.5, 0.6) is 0 Å².